The molecule has 176 valence electrons. The highest BCUT2D eigenvalue weighted by Gasteiger charge is 2.31. The summed E-state index contributed by atoms with van der Waals surface area (Å²) in [5.41, 5.74) is 8.20. The van der Waals surface area contributed by atoms with Crippen LogP contribution in [0.1, 0.15) is 11.1 Å². The molecule has 0 aliphatic carbocycles. The smallest absolute Gasteiger partial charge is 0.237 e. The van der Waals surface area contributed by atoms with Gasteiger partial charge in [0.1, 0.15) is 17.9 Å². The van der Waals surface area contributed by atoms with Gasteiger partial charge in [0.05, 0.1) is 17.1 Å². The van der Waals surface area contributed by atoms with Crippen LogP contribution in [0.2, 0.25) is 5.02 Å². The van der Waals surface area contributed by atoms with Crippen LogP contribution in [-0.2, 0) is 20.9 Å². The number of aromatic nitrogens is 2. The molecule has 0 spiro atoms. The van der Waals surface area contributed by atoms with Crippen LogP contribution in [0.15, 0.2) is 48.8 Å². The number of phenolic OH excluding ortho intramolecular Hbond substituents is 1. The van der Waals surface area contributed by atoms with Gasteiger partial charge in [0, 0.05) is 32.1 Å². The van der Waals surface area contributed by atoms with Gasteiger partial charge in [0.15, 0.2) is 12.0 Å². The van der Waals surface area contributed by atoms with Crippen molar-refractivity contribution in [3.8, 4) is 5.75 Å². The van der Waals surface area contributed by atoms with Crippen molar-refractivity contribution in [3.05, 3.63) is 65.0 Å². The number of nitrogen functional groups attached to an aromatic ring is 1. The van der Waals surface area contributed by atoms with Crippen molar-refractivity contribution in [3.63, 3.8) is 0 Å². The molecule has 4 rings (SSSR count). The predicted octanol–water partition coefficient (Wildman–Crippen LogP) is 2.47. The van der Waals surface area contributed by atoms with Gasteiger partial charge in [-0.05, 0) is 41.5 Å². The van der Waals surface area contributed by atoms with Crippen LogP contribution in [-0.4, -0.2) is 69.5 Å². The van der Waals surface area contributed by atoms with Crippen LogP contribution >= 0.6 is 11.6 Å². The summed E-state index contributed by atoms with van der Waals surface area (Å²) >= 11 is 5.91. The Morgan fingerprint density at radius 1 is 1.26 bits per heavy atom. The lowest BCUT2D eigenvalue weighted by molar-refractivity contribution is -0.149. The van der Waals surface area contributed by atoms with E-state index >= 15 is 0 Å². The van der Waals surface area contributed by atoms with Gasteiger partial charge in [-0.2, -0.15) is 0 Å². The third-order valence-electron chi connectivity index (χ3n) is 5.66. The fourth-order valence-electron chi connectivity index (χ4n) is 3.87. The molecule has 1 aliphatic heterocycles. The van der Waals surface area contributed by atoms with Crippen molar-refractivity contribution in [2.75, 3.05) is 32.5 Å². The number of piperazine rings is 1. The molecule has 9 nitrogen and oxygen atoms in total. The van der Waals surface area contributed by atoms with Crippen LogP contribution in [0.25, 0.3) is 17.0 Å². The maximum atomic E-state index is 12.8. The largest absolute Gasteiger partial charge is 0.506 e. The van der Waals surface area contributed by atoms with E-state index in [-0.39, 0.29) is 29.0 Å². The second-order valence-electron chi connectivity index (χ2n) is 7.93. The Balaban J connectivity index is 1.39. The van der Waals surface area contributed by atoms with E-state index in [4.69, 9.17) is 22.1 Å². The number of carbonyl (C=O) groups excluding carboxylic acids is 2. The van der Waals surface area contributed by atoms with E-state index in [1.807, 2.05) is 18.2 Å². The van der Waals surface area contributed by atoms with Crippen molar-refractivity contribution in [2.45, 2.75) is 12.8 Å². The molecule has 0 bridgehead atoms. The van der Waals surface area contributed by atoms with Crippen LogP contribution in [0.4, 0.5) is 5.82 Å². The number of amides is 1. The molecule has 1 aromatic heterocycles. The number of ketones is 1. The maximum absolute atomic E-state index is 12.8. The predicted molar refractivity (Wildman–Crippen MR) is 129 cm³/mol. The van der Waals surface area contributed by atoms with Gasteiger partial charge in [0.2, 0.25) is 5.91 Å². The molecule has 1 fully saturated rings. The van der Waals surface area contributed by atoms with Crippen molar-refractivity contribution in [2.24, 2.45) is 0 Å². The summed E-state index contributed by atoms with van der Waals surface area (Å²) in [4.78, 5) is 37.3. The van der Waals surface area contributed by atoms with E-state index in [1.165, 1.54) is 25.6 Å². The summed E-state index contributed by atoms with van der Waals surface area (Å²) in [5, 5.41) is 10.5. The first kappa shape index (κ1) is 23.6. The molecule has 3 aromatic rings. The first-order chi connectivity index (χ1) is 16.4. The lowest BCUT2D eigenvalue weighted by atomic mass is 10.1. The van der Waals surface area contributed by atoms with E-state index in [1.54, 1.807) is 28.0 Å². The maximum Gasteiger partial charge on any atom is 0.237 e. The summed E-state index contributed by atoms with van der Waals surface area (Å²) in [7, 11) is 1.44. The third-order valence-corrected chi connectivity index (χ3v) is 5.97. The average Bonchev–Trinajstić information content (AvgIpc) is 2.82. The zero-order valence-corrected chi connectivity index (χ0v) is 19.3. The molecular formula is C24H24ClN5O4. The van der Waals surface area contributed by atoms with Crippen molar-refractivity contribution in [1.82, 2.24) is 19.8 Å². The fourth-order valence-corrected chi connectivity index (χ4v) is 4.06. The Labute approximate surface area is 201 Å². The molecule has 3 N–H and O–H groups in total. The van der Waals surface area contributed by atoms with Gasteiger partial charge in [-0.15, -0.1) is 0 Å². The van der Waals surface area contributed by atoms with Gasteiger partial charge in [-0.1, -0.05) is 29.8 Å². The Morgan fingerprint density at radius 2 is 2.09 bits per heavy atom. The van der Waals surface area contributed by atoms with Crippen LogP contribution in [0.5, 0.6) is 5.75 Å². The first-order valence-electron chi connectivity index (χ1n) is 10.6. The number of hydrogen-bond acceptors (Lipinski definition) is 8. The summed E-state index contributed by atoms with van der Waals surface area (Å²) in [6, 6.07) is 10.3. The normalized spacial score (nSPS) is 15.8. The van der Waals surface area contributed by atoms with Gasteiger partial charge >= 0.3 is 0 Å². The molecule has 34 heavy (non-hydrogen) atoms. The topological polar surface area (TPSA) is 122 Å². The first-order valence-corrected chi connectivity index (χ1v) is 11.0. The molecule has 1 amide bonds. The molecule has 10 heteroatoms. The Hall–Kier alpha value is -3.53. The molecule has 0 unspecified atom stereocenters. The number of nitrogens with zero attached hydrogens (tertiary/aromatic N) is 4. The lowest BCUT2D eigenvalue weighted by Gasteiger charge is -2.37. The highest BCUT2D eigenvalue weighted by atomic mass is 35.5. The molecule has 2 heterocycles. The van der Waals surface area contributed by atoms with Gasteiger partial charge < -0.3 is 20.5 Å². The Bertz CT molecular complexity index is 1270. The number of aromatic hydroxyl groups is 1. The fraction of sp³-hybridized carbons (Fsp3) is 0.250. The summed E-state index contributed by atoms with van der Waals surface area (Å²) < 4.78 is 5.41. The zero-order chi connectivity index (χ0) is 24.2. The molecular weight excluding hydrogens is 458 g/mol. The van der Waals surface area contributed by atoms with Crippen molar-refractivity contribution >= 4 is 46.1 Å². The zero-order valence-electron chi connectivity index (χ0n) is 18.5. The lowest BCUT2D eigenvalue weighted by Crippen LogP contribution is -2.55. The Morgan fingerprint density at radius 3 is 2.82 bits per heavy atom. The molecule has 1 saturated heterocycles. The summed E-state index contributed by atoms with van der Waals surface area (Å²) in [6.45, 7) is 1.43. The van der Waals surface area contributed by atoms with Gasteiger partial charge in [-0.25, -0.2) is 9.97 Å². The number of carbonyl (C=O) groups is 2. The molecule has 1 aliphatic rings. The van der Waals surface area contributed by atoms with Gasteiger partial charge in [-0.3, -0.25) is 14.5 Å². The highest BCUT2D eigenvalue weighted by molar-refractivity contribution is 6.32. The number of phenols is 1. The number of fused-ring (bicyclic) bond motifs is 1. The number of rotatable bonds is 7. The number of halogens is 1. The third kappa shape index (κ3) is 5.17. The Kier molecular flexibility index (Phi) is 7.06. The summed E-state index contributed by atoms with van der Waals surface area (Å²) in [5.74, 6) is -0.00565. The second-order valence-corrected chi connectivity index (χ2v) is 8.34. The van der Waals surface area contributed by atoms with Crippen LogP contribution < -0.4 is 5.73 Å². The average molecular weight is 482 g/mol. The van der Waals surface area contributed by atoms with E-state index in [9.17, 15) is 14.7 Å². The minimum atomic E-state index is -0.879. The SMILES string of the molecule is CO[C@@H](C(=O)/C=C/c1ccc(O)c(Cl)c1)N1CCN(Cc2ccc3c(N)ncnc3c2)C(=O)C1. The number of hydrogen-bond donors (Lipinski definition) is 2. The van der Waals surface area contributed by atoms with E-state index in [2.05, 4.69) is 9.97 Å². The summed E-state index contributed by atoms with van der Waals surface area (Å²) in [6.07, 6.45) is 3.51. The minimum Gasteiger partial charge on any atom is -0.506 e. The number of ether oxygens (including phenoxy) is 1. The highest BCUT2D eigenvalue weighted by Crippen LogP contribution is 2.24. The van der Waals surface area contributed by atoms with Crippen molar-refractivity contribution in [1.29, 1.82) is 0 Å². The second kappa shape index (κ2) is 10.2. The molecule has 0 radical (unpaired) electrons. The standard InChI is InChI=1S/C24H24ClN5O4/c1-34-24(21(32)7-4-15-3-6-20(31)18(25)10-15)30-9-8-29(22(33)13-30)12-16-2-5-17-19(11-16)27-14-28-23(17)26/h2-7,10-11,14,24,31H,8-9,12-13H2,1H3,(H2,26,27,28)/b7-4+/t24-/m0/s1. The van der Waals surface area contributed by atoms with E-state index in [0.717, 1.165) is 16.5 Å². The van der Waals surface area contributed by atoms with Crippen LogP contribution in [0.3, 0.4) is 0 Å². The van der Waals surface area contributed by atoms with Crippen LogP contribution in [0, 0.1) is 0 Å². The minimum absolute atomic E-state index is 0.0302. The molecule has 2 aromatic carbocycles. The monoisotopic (exact) mass is 481 g/mol. The quantitative estimate of drug-likeness (QED) is 0.493. The van der Waals surface area contributed by atoms with E-state index < -0.39 is 6.23 Å². The van der Waals surface area contributed by atoms with Crippen molar-refractivity contribution < 1.29 is 19.4 Å². The number of nitrogens with two attached hydrogens (primary N) is 1. The number of methoxy groups -OCH3 is 1. The van der Waals surface area contributed by atoms with E-state index in [0.29, 0.717) is 31.0 Å². The molecule has 0 saturated carbocycles. The van der Waals surface area contributed by atoms with Gasteiger partial charge in [0.25, 0.3) is 0 Å². The number of anilines is 1. The number of benzene rings is 2. The molecule has 1 atom stereocenters.